The lowest BCUT2D eigenvalue weighted by molar-refractivity contribution is 0.580. The first-order chi connectivity index (χ1) is 8.42. The molecule has 0 heteroatoms. The third-order valence-corrected chi connectivity index (χ3v) is 3.78. The van der Waals surface area contributed by atoms with Crippen molar-refractivity contribution in [1.29, 1.82) is 0 Å². The summed E-state index contributed by atoms with van der Waals surface area (Å²) in [6, 6.07) is 0. The van der Waals surface area contributed by atoms with Crippen molar-refractivity contribution in [3.8, 4) is 0 Å². The molecule has 0 saturated carbocycles. The Morgan fingerprint density at radius 1 is 0.706 bits per heavy atom. The van der Waals surface area contributed by atoms with Gasteiger partial charge in [-0.3, -0.25) is 0 Å². The van der Waals surface area contributed by atoms with Crippen LogP contribution in [0.1, 0.15) is 12.8 Å². The van der Waals surface area contributed by atoms with E-state index in [1.165, 1.54) is 12.8 Å². The fraction of sp³-hybridized carbons (Fsp3) is 0.294. The second-order valence-electron chi connectivity index (χ2n) is 5.04. The molecule has 0 saturated heterocycles. The predicted molar refractivity (Wildman–Crippen MR) is 73.5 cm³/mol. The van der Waals surface area contributed by atoms with Gasteiger partial charge in [0.1, 0.15) is 0 Å². The minimum Gasteiger partial charge on any atom is -0.0776 e. The molecule has 0 amide bonds. The van der Waals surface area contributed by atoms with Crippen LogP contribution in [0.15, 0.2) is 72.4 Å². The van der Waals surface area contributed by atoms with Gasteiger partial charge in [-0.15, -0.1) is 0 Å². The molecular weight excluding hydrogens is 204 g/mol. The van der Waals surface area contributed by atoms with Crippen LogP contribution in [0.2, 0.25) is 0 Å². The van der Waals surface area contributed by atoms with Crippen molar-refractivity contribution in [2.24, 2.45) is 17.8 Å². The number of hydrogen-bond acceptors (Lipinski definition) is 0. The molecule has 0 heterocycles. The molecular formula is C17H18. The van der Waals surface area contributed by atoms with Crippen molar-refractivity contribution in [1.82, 2.24) is 0 Å². The molecule has 0 aliphatic heterocycles. The zero-order valence-electron chi connectivity index (χ0n) is 10.00. The maximum absolute atomic E-state index is 2.36. The fourth-order valence-electron chi connectivity index (χ4n) is 2.82. The van der Waals surface area contributed by atoms with E-state index in [2.05, 4.69) is 66.8 Å². The fourth-order valence-corrected chi connectivity index (χ4v) is 2.82. The highest BCUT2D eigenvalue weighted by molar-refractivity contribution is 5.32. The summed E-state index contributed by atoms with van der Waals surface area (Å²) in [5.41, 5.74) is 1.60. The molecule has 0 spiro atoms. The Morgan fingerprint density at radius 2 is 1.35 bits per heavy atom. The summed E-state index contributed by atoms with van der Waals surface area (Å²) in [6.45, 7) is 0. The lowest BCUT2D eigenvalue weighted by Gasteiger charge is -2.18. The minimum absolute atomic E-state index is 0.623. The third-order valence-electron chi connectivity index (χ3n) is 3.78. The molecule has 3 rings (SSSR count). The summed E-state index contributed by atoms with van der Waals surface area (Å²) in [5, 5.41) is 0. The van der Waals surface area contributed by atoms with Gasteiger partial charge in [0.25, 0.3) is 0 Å². The number of allylic oxidation sites excluding steroid dienone is 12. The van der Waals surface area contributed by atoms with Crippen molar-refractivity contribution in [3.63, 3.8) is 0 Å². The molecule has 3 aliphatic rings. The van der Waals surface area contributed by atoms with E-state index in [0.717, 1.165) is 0 Å². The molecule has 0 nitrogen and oxygen atoms in total. The summed E-state index contributed by atoms with van der Waals surface area (Å²) >= 11 is 0. The van der Waals surface area contributed by atoms with Crippen LogP contribution in [0.4, 0.5) is 0 Å². The van der Waals surface area contributed by atoms with Gasteiger partial charge in [-0.05, 0) is 30.6 Å². The van der Waals surface area contributed by atoms with Crippen LogP contribution < -0.4 is 0 Å². The molecule has 0 radical (unpaired) electrons. The molecule has 0 aromatic carbocycles. The standard InChI is InChI=1S/C17H18/c1-2-7-14(6-1)12-16-10-5-11-17(16)13-15-8-3-4-9-15/h1-11,14-16H,12-13H2. The van der Waals surface area contributed by atoms with Crippen molar-refractivity contribution in [3.05, 3.63) is 72.4 Å². The smallest absolute Gasteiger partial charge is 0.000812 e. The van der Waals surface area contributed by atoms with E-state index in [1.807, 2.05) is 0 Å². The Kier molecular flexibility index (Phi) is 2.96. The van der Waals surface area contributed by atoms with Crippen molar-refractivity contribution >= 4 is 0 Å². The Balaban J connectivity index is 1.60. The topological polar surface area (TPSA) is 0 Å². The average Bonchev–Trinajstić information content (AvgIpc) is 3.04. The van der Waals surface area contributed by atoms with Crippen molar-refractivity contribution < 1.29 is 0 Å². The molecule has 0 bridgehead atoms. The molecule has 0 N–H and O–H groups in total. The van der Waals surface area contributed by atoms with Gasteiger partial charge in [-0.1, -0.05) is 72.4 Å². The van der Waals surface area contributed by atoms with E-state index in [1.54, 1.807) is 5.57 Å². The largest absolute Gasteiger partial charge is 0.0776 e. The quantitative estimate of drug-likeness (QED) is 0.663. The highest BCUT2D eigenvalue weighted by Gasteiger charge is 2.20. The van der Waals surface area contributed by atoms with Gasteiger partial charge in [-0.25, -0.2) is 0 Å². The van der Waals surface area contributed by atoms with E-state index in [4.69, 9.17) is 0 Å². The Hall–Kier alpha value is -1.56. The predicted octanol–water partition coefficient (Wildman–Crippen LogP) is 4.36. The summed E-state index contributed by atoms with van der Waals surface area (Å²) in [4.78, 5) is 0. The number of hydrogen-bond donors (Lipinski definition) is 0. The first-order valence-corrected chi connectivity index (χ1v) is 6.49. The van der Waals surface area contributed by atoms with Crippen LogP contribution in [-0.2, 0) is 0 Å². The van der Waals surface area contributed by atoms with Crippen LogP contribution in [0.5, 0.6) is 0 Å². The van der Waals surface area contributed by atoms with Crippen LogP contribution in [0, 0.1) is 17.8 Å². The van der Waals surface area contributed by atoms with Gasteiger partial charge in [0.15, 0.2) is 0 Å². The highest BCUT2D eigenvalue weighted by Crippen LogP contribution is 2.33. The molecule has 1 atom stereocenters. The van der Waals surface area contributed by atoms with Gasteiger partial charge in [0, 0.05) is 0 Å². The van der Waals surface area contributed by atoms with Crippen molar-refractivity contribution in [2.45, 2.75) is 12.8 Å². The Bertz CT molecular complexity index is 430. The third kappa shape index (κ3) is 2.41. The number of rotatable bonds is 4. The zero-order chi connectivity index (χ0) is 11.5. The minimum atomic E-state index is 0.623. The Morgan fingerprint density at radius 3 is 2.06 bits per heavy atom. The van der Waals surface area contributed by atoms with Crippen LogP contribution >= 0.6 is 0 Å². The monoisotopic (exact) mass is 222 g/mol. The van der Waals surface area contributed by atoms with Gasteiger partial charge in [0.2, 0.25) is 0 Å². The van der Waals surface area contributed by atoms with Crippen LogP contribution in [0.25, 0.3) is 0 Å². The molecule has 0 aromatic rings. The average molecular weight is 222 g/mol. The van der Waals surface area contributed by atoms with E-state index < -0.39 is 0 Å². The summed E-state index contributed by atoms with van der Waals surface area (Å²) in [5.74, 6) is 1.91. The first-order valence-electron chi connectivity index (χ1n) is 6.49. The van der Waals surface area contributed by atoms with E-state index in [-0.39, 0.29) is 0 Å². The maximum atomic E-state index is 2.36. The van der Waals surface area contributed by atoms with Gasteiger partial charge < -0.3 is 0 Å². The summed E-state index contributed by atoms with van der Waals surface area (Å²) < 4.78 is 0. The normalized spacial score (nSPS) is 26.6. The van der Waals surface area contributed by atoms with Gasteiger partial charge in [0.05, 0.1) is 0 Å². The molecule has 0 aromatic heterocycles. The second kappa shape index (κ2) is 4.75. The lowest BCUT2D eigenvalue weighted by Crippen LogP contribution is -2.06. The molecule has 3 aliphatic carbocycles. The summed E-state index contributed by atoms with van der Waals surface area (Å²) in [7, 11) is 0. The van der Waals surface area contributed by atoms with E-state index in [9.17, 15) is 0 Å². The second-order valence-corrected chi connectivity index (χ2v) is 5.04. The zero-order valence-corrected chi connectivity index (χ0v) is 10.00. The van der Waals surface area contributed by atoms with Crippen LogP contribution in [0.3, 0.4) is 0 Å². The molecule has 17 heavy (non-hydrogen) atoms. The SMILES string of the molecule is C1=CC(CC2=CC=CC2CC2C=CC=C2)C=C1. The highest BCUT2D eigenvalue weighted by atomic mass is 14.2. The van der Waals surface area contributed by atoms with Crippen molar-refractivity contribution in [2.75, 3.05) is 0 Å². The van der Waals surface area contributed by atoms with E-state index >= 15 is 0 Å². The molecule has 1 unspecified atom stereocenters. The Labute approximate surface area is 103 Å². The maximum Gasteiger partial charge on any atom is -0.000812 e. The first kappa shape index (κ1) is 10.6. The molecule has 0 fully saturated rings. The van der Waals surface area contributed by atoms with Gasteiger partial charge in [-0.2, -0.15) is 0 Å². The summed E-state index contributed by atoms with van der Waals surface area (Å²) in [6.07, 6.45) is 27.2. The van der Waals surface area contributed by atoms with E-state index in [0.29, 0.717) is 17.8 Å². The lowest BCUT2D eigenvalue weighted by atomic mass is 9.87. The van der Waals surface area contributed by atoms with Crippen LogP contribution in [-0.4, -0.2) is 0 Å². The molecule has 86 valence electrons. The van der Waals surface area contributed by atoms with Gasteiger partial charge >= 0.3 is 0 Å².